The van der Waals surface area contributed by atoms with Crippen molar-refractivity contribution in [2.75, 3.05) is 11.9 Å². The summed E-state index contributed by atoms with van der Waals surface area (Å²) in [6, 6.07) is 4.44. The second kappa shape index (κ2) is 5.89. The lowest BCUT2D eigenvalue weighted by atomic mass is 9.87. The van der Waals surface area contributed by atoms with Crippen molar-refractivity contribution in [3.63, 3.8) is 0 Å². The number of phenolic OH excluding ortho intramolecular Hbond substituents is 1. The molecule has 1 saturated carbocycles. The summed E-state index contributed by atoms with van der Waals surface area (Å²) in [5.74, 6) is -0.0197. The number of hydrogen-bond donors (Lipinski definition) is 2. The van der Waals surface area contributed by atoms with Gasteiger partial charge in [0.15, 0.2) is 11.6 Å². The normalized spacial score (nSPS) is 17.0. The van der Waals surface area contributed by atoms with Gasteiger partial charge in [-0.1, -0.05) is 32.1 Å². The first-order chi connectivity index (χ1) is 8.25. The third-order valence-electron chi connectivity index (χ3n) is 3.55. The van der Waals surface area contributed by atoms with E-state index >= 15 is 0 Å². The van der Waals surface area contributed by atoms with Crippen LogP contribution in [-0.4, -0.2) is 11.7 Å². The smallest absolute Gasteiger partial charge is 0.166 e. The first-order valence-corrected chi connectivity index (χ1v) is 6.48. The van der Waals surface area contributed by atoms with E-state index in [1.165, 1.54) is 44.2 Å². The molecule has 94 valence electrons. The molecule has 2 N–H and O–H groups in total. The van der Waals surface area contributed by atoms with Crippen LogP contribution in [0.2, 0.25) is 0 Å². The maximum atomic E-state index is 13.1. The lowest BCUT2D eigenvalue weighted by Crippen LogP contribution is -2.12. The molecule has 0 radical (unpaired) electrons. The third kappa shape index (κ3) is 3.62. The molecule has 0 aliphatic heterocycles. The summed E-state index contributed by atoms with van der Waals surface area (Å²) in [5, 5.41) is 12.3. The maximum absolute atomic E-state index is 13.1. The van der Waals surface area contributed by atoms with E-state index in [-0.39, 0.29) is 5.75 Å². The number of benzene rings is 1. The van der Waals surface area contributed by atoms with Gasteiger partial charge in [-0.2, -0.15) is 0 Å². The predicted molar refractivity (Wildman–Crippen MR) is 67.7 cm³/mol. The summed E-state index contributed by atoms with van der Waals surface area (Å²) in [5.41, 5.74) is 0.746. The van der Waals surface area contributed by atoms with Crippen LogP contribution in [0.25, 0.3) is 0 Å². The fraction of sp³-hybridized carbons (Fsp3) is 0.571. The van der Waals surface area contributed by atoms with E-state index in [4.69, 9.17) is 5.11 Å². The Morgan fingerprint density at radius 2 is 2.00 bits per heavy atom. The van der Waals surface area contributed by atoms with E-state index in [0.717, 1.165) is 24.6 Å². The third-order valence-corrected chi connectivity index (χ3v) is 3.55. The van der Waals surface area contributed by atoms with Crippen molar-refractivity contribution in [2.45, 2.75) is 38.5 Å². The first-order valence-electron chi connectivity index (χ1n) is 6.48. The van der Waals surface area contributed by atoms with Gasteiger partial charge in [-0.25, -0.2) is 4.39 Å². The first kappa shape index (κ1) is 12.2. The Kier molecular flexibility index (Phi) is 4.24. The zero-order valence-electron chi connectivity index (χ0n) is 10.1. The van der Waals surface area contributed by atoms with Gasteiger partial charge in [0.25, 0.3) is 0 Å². The minimum absolute atomic E-state index is 0.289. The topological polar surface area (TPSA) is 32.3 Å². The Bertz CT molecular complexity index is 361. The number of rotatable bonds is 4. The molecule has 3 heteroatoms. The summed E-state index contributed by atoms with van der Waals surface area (Å²) < 4.78 is 13.1. The van der Waals surface area contributed by atoms with Gasteiger partial charge in [-0.3, -0.25) is 0 Å². The van der Waals surface area contributed by atoms with Crippen LogP contribution < -0.4 is 5.32 Å². The van der Waals surface area contributed by atoms with Gasteiger partial charge in [-0.05, 0) is 24.5 Å². The summed E-state index contributed by atoms with van der Waals surface area (Å²) in [4.78, 5) is 0. The Hall–Kier alpha value is -1.25. The lowest BCUT2D eigenvalue weighted by Gasteiger charge is -2.21. The number of aromatic hydroxyl groups is 1. The molecule has 1 aromatic carbocycles. The van der Waals surface area contributed by atoms with E-state index in [9.17, 15) is 4.39 Å². The predicted octanol–water partition coefficient (Wildman–Crippen LogP) is 3.91. The minimum Gasteiger partial charge on any atom is -0.505 e. The standard InChI is InChI=1S/C14H20FNO/c15-13-10-12(6-7-14(13)17)16-9-8-11-4-2-1-3-5-11/h6-7,10-11,16-17H,1-5,8-9H2. The van der Waals surface area contributed by atoms with Gasteiger partial charge in [0.2, 0.25) is 0 Å². The SMILES string of the molecule is Oc1ccc(NCCC2CCCCC2)cc1F. The summed E-state index contributed by atoms with van der Waals surface area (Å²) in [6.07, 6.45) is 7.93. The zero-order valence-corrected chi connectivity index (χ0v) is 10.1. The molecule has 0 atom stereocenters. The molecule has 1 aliphatic rings. The molecule has 2 rings (SSSR count). The molecule has 1 fully saturated rings. The van der Waals surface area contributed by atoms with Crippen molar-refractivity contribution in [1.82, 2.24) is 0 Å². The molecule has 1 aliphatic carbocycles. The molecular formula is C14H20FNO. The molecule has 0 spiro atoms. The number of phenols is 1. The molecule has 2 nitrogen and oxygen atoms in total. The van der Waals surface area contributed by atoms with Gasteiger partial charge >= 0.3 is 0 Å². The molecule has 0 unspecified atom stereocenters. The minimum atomic E-state index is -0.562. The van der Waals surface area contributed by atoms with E-state index in [1.54, 1.807) is 6.07 Å². The second-order valence-corrected chi connectivity index (χ2v) is 4.89. The lowest BCUT2D eigenvalue weighted by molar-refractivity contribution is 0.345. The zero-order chi connectivity index (χ0) is 12.1. The van der Waals surface area contributed by atoms with E-state index in [1.807, 2.05) is 0 Å². The fourth-order valence-electron chi connectivity index (χ4n) is 2.51. The van der Waals surface area contributed by atoms with Crippen molar-refractivity contribution < 1.29 is 9.50 Å². The van der Waals surface area contributed by atoms with Crippen LogP contribution in [-0.2, 0) is 0 Å². The van der Waals surface area contributed by atoms with Gasteiger partial charge < -0.3 is 10.4 Å². The number of nitrogens with one attached hydrogen (secondary N) is 1. The van der Waals surface area contributed by atoms with Crippen LogP contribution >= 0.6 is 0 Å². The maximum Gasteiger partial charge on any atom is 0.166 e. The molecule has 0 saturated heterocycles. The van der Waals surface area contributed by atoms with Crippen LogP contribution in [0, 0.1) is 11.7 Å². The van der Waals surface area contributed by atoms with Crippen LogP contribution in [0.3, 0.4) is 0 Å². The highest BCUT2D eigenvalue weighted by molar-refractivity contribution is 5.46. The van der Waals surface area contributed by atoms with Crippen LogP contribution in [0.4, 0.5) is 10.1 Å². The van der Waals surface area contributed by atoms with E-state index in [2.05, 4.69) is 5.32 Å². The van der Waals surface area contributed by atoms with Crippen LogP contribution in [0.15, 0.2) is 18.2 Å². The van der Waals surface area contributed by atoms with Crippen molar-refractivity contribution in [3.8, 4) is 5.75 Å². The van der Waals surface area contributed by atoms with Gasteiger partial charge in [0.1, 0.15) is 0 Å². The van der Waals surface area contributed by atoms with E-state index < -0.39 is 5.82 Å². The van der Waals surface area contributed by atoms with Crippen LogP contribution in [0.1, 0.15) is 38.5 Å². The van der Waals surface area contributed by atoms with Crippen molar-refractivity contribution in [2.24, 2.45) is 5.92 Å². The molecule has 1 aromatic rings. The van der Waals surface area contributed by atoms with E-state index in [0.29, 0.717) is 0 Å². The Morgan fingerprint density at radius 1 is 1.24 bits per heavy atom. The molecule has 0 heterocycles. The highest BCUT2D eigenvalue weighted by Gasteiger charge is 2.12. The highest BCUT2D eigenvalue weighted by atomic mass is 19.1. The highest BCUT2D eigenvalue weighted by Crippen LogP contribution is 2.26. The Labute approximate surface area is 102 Å². The van der Waals surface area contributed by atoms with Crippen molar-refractivity contribution >= 4 is 5.69 Å². The fourth-order valence-corrected chi connectivity index (χ4v) is 2.51. The average Bonchev–Trinajstić information content (AvgIpc) is 2.35. The number of anilines is 1. The van der Waals surface area contributed by atoms with Gasteiger partial charge in [0, 0.05) is 18.3 Å². The summed E-state index contributed by atoms with van der Waals surface area (Å²) in [6.45, 7) is 0.884. The van der Waals surface area contributed by atoms with Crippen LogP contribution in [0.5, 0.6) is 5.75 Å². The van der Waals surface area contributed by atoms with Crippen molar-refractivity contribution in [3.05, 3.63) is 24.0 Å². The molecule has 0 aromatic heterocycles. The quantitative estimate of drug-likeness (QED) is 0.778. The largest absolute Gasteiger partial charge is 0.505 e. The second-order valence-electron chi connectivity index (χ2n) is 4.89. The van der Waals surface area contributed by atoms with Gasteiger partial charge in [0.05, 0.1) is 0 Å². The molecule has 0 bridgehead atoms. The number of halogens is 1. The number of hydrogen-bond acceptors (Lipinski definition) is 2. The van der Waals surface area contributed by atoms with Gasteiger partial charge in [-0.15, -0.1) is 0 Å². The molecular weight excluding hydrogens is 217 g/mol. The van der Waals surface area contributed by atoms with Crippen molar-refractivity contribution in [1.29, 1.82) is 0 Å². The Morgan fingerprint density at radius 3 is 2.71 bits per heavy atom. The summed E-state index contributed by atoms with van der Waals surface area (Å²) >= 11 is 0. The Balaban J connectivity index is 1.75. The molecule has 0 amide bonds. The average molecular weight is 237 g/mol. The summed E-state index contributed by atoms with van der Waals surface area (Å²) in [7, 11) is 0. The molecule has 17 heavy (non-hydrogen) atoms. The monoisotopic (exact) mass is 237 g/mol.